The predicted molar refractivity (Wildman–Crippen MR) is 84.3 cm³/mol. The minimum absolute atomic E-state index is 0.163. The van der Waals surface area contributed by atoms with Crippen molar-refractivity contribution in [3.05, 3.63) is 34.2 Å². The summed E-state index contributed by atoms with van der Waals surface area (Å²) < 4.78 is 5.98. The smallest absolute Gasteiger partial charge is 0.323 e. The van der Waals surface area contributed by atoms with Crippen LogP contribution in [0.2, 0.25) is 5.02 Å². The molecule has 0 unspecified atom stereocenters. The first-order valence-corrected chi connectivity index (χ1v) is 7.71. The van der Waals surface area contributed by atoms with Gasteiger partial charge < -0.3 is 4.74 Å². The number of hydrogen-bond donors (Lipinski definition) is 1. The first-order chi connectivity index (χ1) is 9.54. The Kier molecular flexibility index (Phi) is 5.02. The van der Waals surface area contributed by atoms with Gasteiger partial charge in [-0.2, -0.15) is 0 Å². The third kappa shape index (κ3) is 3.14. The third-order valence-corrected chi connectivity index (χ3v) is 4.92. The Hall–Kier alpha value is -1.10. The summed E-state index contributed by atoms with van der Waals surface area (Å²) >= 11 is 8.04. The second-order valence-electron chi connectivity index (χ2n) is 4.96. The lowest BCUT2D eigenvalue weighted by Crippen LogP contribution is -2.41. The topological polar surface area (TPSA) is 38.3 Å². The molecule has 108 valence electrons. The highest BCUT2D eigenvalue weighted by Gasteiger charge is 2.23. The van der Waals surface area contributed by atoms with Crippen molar-refractivity contribution in [2.45, 2.75) is 26.4 Å². The molecule has 5 heteroatoms. The fraction of sp³-hybridized carbons (Fsp3) is 0.400. The summed E-state index contributed by atoms with van der Waals surface area (Å²) in [5, 5.41) is 5.07. The van der Waals surface area contributed by atoms with E-state index in [0.29, 0.717) is 6.54 Å². The summed E-state index contributed by atoms with van der Waals surface area (Å²) in [7, 11) is 1.41. The fourth-order valence-corrected chi connectivity index (χ4v) is 3.55. The van der Waals surface area contributed by atoms with E-state index in [0.717, 1.165) is 20.0 Å². The van der Waals surface area contributed by atoms with E-state index in [4.69, 9.17) is 16.3 Å². The van der Waals surface area contributed by atoms with Crippen LogP contribution in [-0.4, -0.2) is 19.1 Å². The molecule has 0 radical (unpaired) electrons. The second-order valence-corrected chi connectivity index (χ2v) is 6.48. The van der Waals surface area contributed by atoms with Gasteiger partial charge in [-0.25, -0.2) is 0 Å². The van der Waals surface area contributed by atoms with Gasteiger partial charge in [0.05, 0.1) is 12.1 Å². The van der Waals surface area contributed by atoms with Gasteiger partial charge in [0, 0.05) is 21.5 Å². The summed E-state index contributed by atoms with van der Waals surface area (Å²) in [6.45, 7) is 4.54. The molecule has 0 fully saturated rings. The molecule has 20 heavy (non-hydrogen) atoms. The highest BCUT2D eigenvalue weighted by molar-refractivity contribution is 7.19. The van der Waals surface area contributed by atoms with Gasteiger partial charge in [0.25, 0.3) is 0 Å². The lowest BCUT2D eigenvalue weighted by Gasteiger charge is -2.19. The summed E-state index contributed by atoms with van der Waals surface area (Å²) in [6, 6.07) is 7.72. The Labute approximate surface area is 127 Å². The van der Waals surface area contributed by atoms with E-state index >= 15 is 0 Å². The van der Waals surface area contributed by atoms with Crippen molar-refractivity contribution in [3.8, 4) is 0 Å². The maximum absolute atomic E-state index is 11.7. The summed E-state index contributed by atoms with van der Waals surface area (Å²) in [5.74, 6) is -0.0761. The van der Waals surface area contributed by atoms with E-state index in [-0.39, 0.29) is 17.9 Å². The third-order valence-electron chi connectivity index (χ3n) is 3.21. The molecule has 0 amide bonds. The lowest BCUT2D eigenvalue weighted by atomic mass is 10.0. The minimum atomic E-state index is -0.318. The van der Waals surface area contributed by atoms with Crippen LogP contribution in [0.4, 0.5) is 0 Å². The van der Waals surface area contributed by atoms with Gasteiger partial charge in [-0.05, 0) is 12.0 Å². The maximum atomic E-state index is 11.7. The average molecular weight is 312 g/mol. The zero-order chi connectivity index (χ0) is 14.7. The van der Waals surface area contributed by atoms with Crippen molar-refractivity contribution in [2.75, 3.05) is 7.11 Å². The van der Waals surface area contributed by atoms with Gasteiger partial charge in [0.15, 0.2) is 0 Å². The van der Waals surface area contributed by atoms with Crippen LogP contribution in [0.25, 0.3) is 10.1 Å². The first kappa shape index (κ1) is 15.3. The standard InChI is InChI=1S/C15H18ClNO2S/c1-9(2)14(15(18)19-3)17-8-12-13(16)10-6-4-5-7-11(10)20-12/h4-7,9,14,17H,8H2,1-3H3/t14-/m0/s1. The van der Waals surface area contributed by atoms with Crippen molar-refractivity contribution in [3.63, 3.8) is 0 Å². The van der Waals surface area contributed by atoms with Gasteiger partial charge in [0.2, 0.25) is 0 Å². The molecule has 0 spiro atoms. The van der Waals surface area contributed by atoms with Crippen LogP contribution in [0.15, 0.2) is 24.3 Å². The molecule has 0 aliphatic carbocycles. The van der Waals surface area contributed by atoms with Crippen molar-refractivity contribution in [2.24, 2.45) is 5.92 Å². The molecular weight excluding hydrogens is 294 g/mol. The Morgan fingerprint density at radius 2 is 2.10 bits per heavy atom. The highest BCUT2D eigenvalue weighted by Crippen LogP contribution is 2.35. The molecule has 0 saturated carbocycles. The number of nitrogens with one attached hydrogen (secondary N) is 1. The highest BCUT2D eigenvalue weighted by atomic mass is 35.5. The van der Waals surface area contributed by atoms with Gasteiger partial charge in [0.1, 0.15) is 6.04 Å². The number of rotatable bonds is 5. The number of hydrogen-bond acceptors (Lipinski definition) is 4. The van der Waals surface area contributed by atoms with Gasteiger partial charge in [-0.1, -0.05) is 43.6 Å². The molecule has 2 rings (SSSR count). The molecule has 0 bridgehead atoms. The van der Waals surface area contributed by atoms with Crippen molar-refractivity contribution in [1.82, 2.24) is 5.32 Å². The van der Waals surface area contributed by atoms with E-state index in [1.807, 2.05) is 32.0 Å². The fourth-order valence-electron chi connectivity index (χ4n) is 2.10. The minimum Gasteiger partial charge on any atom is -0.468 e. The summed E-state index contributed by atoms with van der Waals surface area (Å²) in [6.07, 6.45) is 0. The molecular formula is C15H18ClNO2S. The van der Waals surface area contributed by atoms with Crippen LogP contribution in [0, 0.1) is 5.92 Å². The van der Waals surface area contributed by atoms with E-state index in [1.54, 1.807) is 11.3 Å². The molecule has 1 N–H and O–H groups in total. The Bertz CT molecular complexity index is 609. The van der Waals surface area contributed by atoms with E-state index in [9.17, 15) is 4.79 Å². The second kappa shape index (κ2) is 6.57. The number of carbonyl (C=O) groups excluding carboxylic acids is 1. The summed E-state index contributed by atoms with van der Waals surface area (Å²) in [4.78, 5) is 12.8. The molecule has 2 aromatic rings. The van der Waals surface area contributed by atoms with E-state index in [1.165, 1.54) is 7.11 Å². The van der Waals surface area contributed by atoms with Crippen molar-refractivity contribution >= 4 is 39.0 Å². The van der Waals surface area contributed by atoms with Gasteiger partial charge in [-0.3, -0.25) is 10.1 Å². The van der Waals surface area contributed by atoms with Gasteiger partial charge in [-0.15, -0.1) is 11.3 Å². The lowest BCUT2D eigenvalue weighted by molar-refractivity contribution is -0.144. The number of methoxy groups -OCH3 is 1. The number of ether oxygens (including phenoxy) is 1. The van der Waals surface area contributed by atoms with Crippen molar-refractivity contribution in [1.29, 1.82) is 0 Å². The zero-order valence-corrected chi connectivity index (χ0v) is 13.3. The summed E-state index contributed by atoms with van der Waals surface area (Å²) in [5.41, 5.74) is 0. The average Bonchev–Trinajstić information content (AvgIpc) is 2.75. The number of benzene rings is 1. The molecule has 1 aromatic carbocycles. The monoisotopic (exact) mass is 311 g/mol. The van der Waals surface area contributed by atoms with Crippen LogP contribution in [0.3, 0.4) is 0 Å². The van der Waals surface area contributed by atoms with E-state index < -0.39 is 0 Å². The number of esters is 1. The van der Waals surface area contributed by atoms with Crippen LogP contribution >= 0.6 is 22.9 Å². The Morgan fingerprint density at radius 1 is 1.40 bits per heavy atom. The molecule has 0 aliphatic heterocycles. The molecule has 0 aliphatic rings. The van der Waals surface area contributed by atoms with Crippen LogP contribution < -0.4 is 5.32 Å². The van der Waals surface area contributed by atoms with Crippen LogP contribution in [0.1, 0.15) is 18.7 Å². The quantitative estimate of drug-likeness (QED) is 0.853. The molecule has 1 aromatic heterocycles. The zero-order valence-electron chi connectivity index (χ0n) is 11.8. The Morgan fingerprint density at radius 3 is 2.70 bits per heavy atom. The Balaban J connectivity index is 2.16. The van der Waals surface area contributed by atoms with Crippen molar-refractivity contribution < 1.29 is 9.53 Å². The van der Waals surface area contributed by atoms with Crippen LogP contribution in [-0.2, 0) is 16.1 Å². The number of halogens is 1. The first-order valence-electron chi connectivity index (χ1n) is 6.51. The molecule has 1 atom stereocenters. The largest absolute Gasteiger partial charge is 0.468 e. The number of carbonyl (C=O) groups is 1. The normalized spacial score (nSPS) is 12.8. The molecule has 3 nitrogen and oxygen atoms in total. The van der Waals surface area contributed by atoms with E-state index in [2.05, 4.69) is 11.4 Å². The maximum Gasteiger partial charge on any atom is 0.323 e. The van der Waals surface area contributed by atoms with Gasteiger partial charge >= 0.3 is 5.97 Å². The van der Waals surface area contributed by atoms with Crippen LogP contribution in [0.5, 0.6) is 0 Å². The SMILES string of the molecule is COC(=O)[C@@H](NCc1sc2ccccc2c1Cl)C(C)C. The molecule has 0 saturated heterocycles. The number of fused-ring (bicyclic) bond motifs is 1. The predicted octanol–water partition coefficient (Wildman–Crippen LogP) is 3.84. The number of thiophene rings is 1. The molecule has 1 heterocycles.